The van der Waals surface area contributed by atoms with Crippen molar-refractivity contribution in [3.05, 3.63) is 41.5 Å². The summed E-state index contributed by atoms with van der Waals surface area (Å²) in [6.07, 6.45) is 6.95. The molecule has 1 aromatic carbocycles. The molecule has 0 unspecified atom stereocenters. The maximum absolute atomic E-state index is 11.8. The van der Waals surface area contributed by atoms with Crippen LogP contribution in [-0.4, -0.2) is 54.4 Å². The SMILES string of the molecule is COc1ccccc1C1CCN(C[C@@H](C)[C@@H]2CC[C@@H](C)[C@]3(O)C[C@@H](OC(C)=O)C(C)=C[C@H]23)CC1. The average Bonchev–Trinajstić information content (AvgIpc) is 2.81. The van der Waals surface area contributed by atoms with Gasteiger partial charge in [0.2, 0.25) is 0 Å². The van der Waals surface area contributed by atoms with Crippen molar-refractivity contribution < 1.29 is 19.4 Å². The summed E-state index contributed by atoms with van der Waals surface area (Å²) < 4.78 is 11.2. The molecule has 3 aliphatic rings. The van der Waals surface area contributed by atoms with Crippen LogP contribution >= 0.6 is 0 Å². The lowest BCUT2D eigenvalue weighted by molar-refractivity contribution is -0.159. The van der Waals surface area contributed by atoms with Gasteiger partial charge in [-0.1, -0.05) is 38.1 Å². The number of benzene rings is 1. The van der Waals surface area contributed by atoms with Gasteiger partial charge in [-0.05, 0) is 86.6 Å². The largest absolute Gasteiger partial charge is 0.496 e. The van der Waals surface area contributed by atoms with Gasteiger partial charge >= 0.3 is 5.97 Å². The van der Waals surface area contributed by atoms with Gasteiger partial charge in [0.05, 0.1) is 12.7 Å². The predicted octanol–water partition coefficient (Wildman–Crippen LogP) is 5.19. The minimum atomic E-state index is -0.798. The number of methoxy groups -OCH3 is 1. The van der Waals surface area contributed by atoms with Crippen molar-refractivity contribution in [1.29, 1.82) is 0 Å². The number of rotatable bonds is 6. The molecule has 5 nitrogen and oxygen atoms in total. The molecule has 34 heavy (non-hydrogen) atoms. The van der Waals surface area contributed by atoms with Crippen LogP contribution in [-0.2, 0) is 9.53 Å². The summed E-state index contributed by atoms with van der Waals surface area (Å²) in [7, 11) is 1.76. The maximum Gasteiger partial charge on any atom is 0.303 e. The maximum atomic E-state index is 11.8. The second-order valence-electron chi connectivity index (χ2n) is 11.2. The molecule has 2 fully saturated rings. The lowest BCUT2D eigenvalue weighted by Crippen LogP contribution is -2.56. The molecular formula is C29H43NO4. The molecule has 1 saturated carbocycles. The molecule has 5 heteroatoms. The van der Waals surface area contributed by atoms with Crippen LogP contribution < -0.4 is 4.74 Å². The summed E-state index contributed by atoms with van der Waals surface area (Å²) in [5, 5.41) is 11.8. The van der Waals surface area contributed by atoms with E-state index in [0.717, 1.165) is 56.6 Å². The first kappa shape index (κ1) is 25.2. The highest BCUT2D eigenvalue weighted by molar-refractivity contribution is 5.66. The summed E-state index contributed by atoms with van der Waals surface area (Å²) in [5.74, 6) is 2.58. The van der Waals surface area contributed by atoms with Gasteiger partial charge in [-0.2, -0.15) is 0 Å². The molecule has 1 aliphatic heterocycles. The van der Waals surface area contributed by atoms with E-state index in [1.54, 1.807) is 7.11 Å². The van der Waals surface area contributed by atoms with Crippen LogP contribution in [0.25, 0.3) is 0 Å². The third kappa shape index (κ3) is 5.06. The number of aliphatic hydroxyl groups is 1. The number of nitrogens with zero attached hydrogens (tertiary/aromatic N) is 1. The Bertz CT molecular complexity index is 890. The van der Waals surface area contributed by atoms with Gasteiger partial charge in [0.1, 0.15) is 11.9 Å². The number of piperidine rings is 1. The zero-order valence-corrected chi connectivity index (χ0v) is 21.6. The summed E-state index contributed by atoms with van der Waals surface area (Å²) in [6.45, 7) is 11.3. The average molecular weight is 470 g/mol. The number of para-hydroxylation sites is 1. The molecule has 6 atom stereocenters. The Balaban J connectivity index is 1.41. The first-order valence-electron chi connectivity index (χ1n) is 13.2. The molecule has 2 aliphatic carbocycles. The van der Waals surface area contributed by atoms with Crippen molar-refractivity contribution in [2.45, 2.75) is 77.4 Å². The third-order valence-electron chi connectivity index (χ3n) is 9.04. The van der Waals surface area contributed by atoms with Gasteiger partial charge < -0.3 is 19.5 Å². The van der Waals surface area contributed by atoms with Crippen molar-refractivity contribution in [2.24, 2.45) is 23.7 Å². The van der Waals surface area contributed by atoms with E-state index in [4.69, 9.17) is 9.47 Å². The molecule has 0 spiro atoms. The Morgan fingerprint density at radius 3 is 2.59 bits per heavy atom. The summed E-state index contributed by atoms with van der Waals surface area (Å²) in [4.78, 5) is 14.2. The topological polar surface area (TPSA) is 59.0 Å². The third-order valence-corrected chi connectivity index (χ3v) is 9.04. The second-order valence-corrected chi connectivity index (χ2v) is 11.2. The predicted molar refractivity (Wildman–Crippen MR) is 135 cm³/mol. The fraction of sp³-hybridized carbons (Fsp3) is 0.690. The van der Waals surface area contributed by atoms with E-state index in [1.165, 1.54) is 12.5 Å². The Labute approximate surface area is 205 Å². The Hall–Kier alpha value is -1.85. The van der Waals surface area contributed by atoms with Crippen LogP contribution in [0.15, 0.2) is 35.9 Å². The highest BCUT2D eigenvalue weighted by Crippen LogP contribution is 2.51. The number of carbonyl (C=O) groups excluding carboxylic acids is 1. The molecule has 4 rings (SSSR count). The fourth-order valence-corrected chi connectivity index (χ4v) is 6.97. The van der Waals surface area contributed by atoms with E-state index >= 15 is 0 Å². The molecule has 1 aromatic rings. The molecular weight excluding hydrogens is 426 g/mol. The number of hydrogen-bond donors (Lipinski definition) is 1. The van der Waals surface area contributed by atoms with Crippen molar-refractivity contribution >= 4 is 5.97 Å². The van der Waals surface area contributed by atoms with Crippen molar-refractivity contribution in [3.8, 4) is 5.75 Å². The zero-order chi connectivity index (χ0) is 24.5. The Morgan fingerprint density at radius 2 is 1.91 bits per heavy atom. The Kier molecular flexibility index (Phi) is 7.73. The van der Waals surface area contributed by atoms with Crippen LogP contribution in [0.5, 0.6) is 5.75 Å². The number of likely N-dealkylation sites (tertiary alicyclic amines) is 1. The van der Waals surface area contributed by atoms with Crippen LogP contribution in [0, 0.1) is 23.7 Å². The molecule has 0 radical (unpaired) electrons. The van der Waals surface area contributed by atoms with Crippen molar-refractivity contribution in [3.63, 3.8) is 0 Å². The summed E-state index contributed by atoms with van der Waals surface area (Å²) in [5.41, 5.74) is 1.64. The Morgan fingerprint density at radius 1 is 1.21 bits per heavy atom. The van der Waals surface area contributed by atoms with E-state index in [2.05, 4.69) is 49.9 Å². The fourth-order valence-electron chi connectivity index (χ4n) is 6.97. The zero-order valence-electron chi connectivity index (χ0n) is 21.6. The van der Waals surface area contributed by atoms with E-state index in [0.29, 0.717) is 24.2 Å². The molecule has 0 bridgehead atoms. The van der Waals surface area contributed by atoms with Crippen LogP contribution in [0.1, 0.15) is 71.3 Å². The molecule has 1 saturated heterocycles. The monoisotopic (exact) mass is 469 g/mol. The van der Waals surface area contributed by atoms with Gasteiger partial charge in [-0.3, -0.25) is 4.79 Å². The van der Waals surface area contributed by atoms with Crippen LogP contribution in [0.2, 0.25) is 0 Å². The summed E-state index contributed by atoms with van der Waals surface area (Å²) >= 11 is 0. The van der Waals surface area contributed by atoms with Crippen LogP contribution in [0.4, 0.5) is 0 Å². The smallest absolute Gasteiger partial charge is 0.303 e. The van der Waals surface area contributed by atoms with Gasteiger partial charge in [0.15, 0.2) is 0 Å². The van der Waals surface area contributed by atoms with Gasteiger partial charge in [0, 0.05) is 25.8 Å². The lowest BCUT2D eigenvalue weighted by Gasteiger charge is -2.53. The van der Waals surface area contributed by atoms with Crippen molar-refractivity contribution in [2.75, 3.05) is 26.7 Å². The second kappa shape index (κ2) is 10.4. The molecule has 188 valence electrons. The first-order valence-corrected chi connectivity index (χ1v) is 13.2. The highest BCUT2D eigenvalue weighted by atomic mass is 16.5. The molecule has 0 amide bonds. The van der Waals surface area contributed by atoms with Gasteiger partial charge in [-0.15, -0.1) is 0 Å². The number of hydrogen-bond acceptors (Lipinski definition) is 5. The van der Waals surface area contributed by atoms with Gasteiger partial charge in [0.25, 0.3) is 0 Å². The minimum absolute atomic E-state index is 0.129. The number of carbonyl (C=O) groups is 1. The van der Waals surface area contributed by atoms with Gasteiger partial charge in [-0.25, -0.2) is 0 Å². The summed E-state index contributed by atoms with van der Waals surface area (Å²) in [6, 6.07) is 8.44. The van der Waals surface area contributed by atoms with E-state index < -0.39 is 5.60 Å². The van der Waals surface area contributed by atoms with E-state index in [1.807, 2.05) is 6.07 Å². The molecule has 1 heterocycles. The number of fused-ring (bicyclic) bond motifs is 1. The van der Waals surface area contributed by atoms with Crippen molar-refractivity contribution in [1.82, 2.24) is 4.90 Å². The standard InChI is InChI=1S/C29H43NO4/c1-19-16-26-24(11-10-21(3)29(26,32)17-28(19)34-22(4)31)20(2)18-30-14-12-23(13-15-30)25-8-6-7-9-27(25)33-5/h6-9,16,20-21,23-24,26,28,32H,10-15,17-18H2,1-5H3/t20-,21-,24+,26-,28-,29-/m1/s1. The molecule has 0 aromatic heterocycles. The highest BCUT2D eigenvalue weighted by Gasteiger charge is 2.52. The van der Waals surface area contributed by atoms with E-state index in [-0.39, 0.29) is 23.9 Å². The first-order chi connectivity index (χ1) is 16.2. The minimum Gasteiger partial charge on any atom is -0.496 e. The normalized spacial score (nSPS) is 33.5. The van der Waals surface area contributed by atoms with Crippen LogP contribution in [0.3, 0.4) is 0 Å². The number of ether oxygens (including phenoxy) is 2. The number of esters is 1. The quantitative estimate of drug-likeness (QED) is 0.459. The lowest BCUT2D eigenvalue weighted by atomic mass is 9.57. The van der Waals surface area contributed by atoms with E-state index in [9.17, 15) is 9.90 Å². The molecule has 1 N–H and O–H groups in total.